The molecule has 4 aromatic rings. The van der Waals surface area contributed by atoms with Gasteiger partial charge in [-0.1, -0.05) is 0 Å². The van der Waals surface area contributed by atoms with E-state index in [9.17, 15) is 14.7 Å². The number of ether oxygens (including phenoxy) is 1. The lowest BCUT2D eigenvalue weighted by Gasteiger charge is -2.36. The van der Waals surface area contributed by atoms with E-state index in [0.29, 0.717) is 24.4 Å². The largest absolute Gasteiger partial charge is 0.444 e. The van der Waals surface area contributed by atoms with E-state index in [0.717, 1.165) is 40.1 Å². The fourth-order valence-corrected chi connectivity index (χ4v) is 5.49. The molecular weight excluding hydrogens is 508 g/mol. The molecule has 10 nitrogen and oxygen atoms in total. The number of nitrogens with one attached hydrogen (secondary N) is 1. The number of fused-ring (bicyclic) bond motifs is 2. The molecular formula is C30H36N6O4. The number of pyridine rings is 1. The number of rotatable bonds is 5. The Morgan fingerprint density at radius 1 is 1.15 bits per heavy atom. The molecule has 2 amide bonds. The molecule has 2 atom stereocenters. The lowest BCUT2D eigenvalue weighted by atomic mass is 10.0. The normalized spacial score (nSPS) is 19.8. The summed E-state index contributed by atoms with van der Waals surface area (Å²) in [6, 6.07) is 11.1. The van der Waals surface area contributed by atoms with Crippen molar-refractivity contribution in [3.05, 3.63) is 48.2 Å². The number of aromatic nitrogens is 4. The fraction of sp³-hybridized carbons (Fsp3) is 0.467. The van der Waals surface area contributed by atoms with Crippen LogP contribution in [0.15, 0.2) is 42.6 Å². The number of benzene rings is 1. The number of aliphatic hydroxyl groups excluding tert-OH is 1. The van der Waals surface area contributed by atoms with Gasteiger partial charge >= 0.3 is 6.09 Å². The summed E-state index contributed by atoms with van der Waals surface area (Å²) in [5.41, 5.74) is 3.52. The van der Waals surface area contributed by atoms with E-state index in [4.69, 9.17) is 9.72 Å². The Bertz CT molecular complexity index is 1600. The van der Waals surface area contributed by atoms with E-state index < -0.39 is 23.8 Å². The molecule has 40 heavy (non-hydrogen) atoms. The van der Waals surface area contributed by atoms with Crippen molar-refractivity contribution in [1.82, 2.24) is 29.3 Å². The van der Waals surface area contributed by atoms with E-state index in [1.54, 1.807) is 25.7 Å². The molecule has 1 aliphatic heterocycles. The number of hydrogen-bond donors (Lipinski definition) is 2. The number of piperidine rings is 1. The van der Waals surface area contributed by atoms with Crippen molar-refractivity contribution in [2.24, 2.45) is 13.0 Å². The standard InChI is InChI=1S/C30H36N6O4/c1-30(2,3)40-29(39)33-22-17-35(13-11-25(22)37)28(38)20-9-10-23-21(14-20)32-27(34(23)4)24-15-19-6-5-12-31-26(19)36(24)16-18-7-8-18/h5-6,9-10,12,14-15,18,22,25,37H,7-8,11,13,16-17H2,1-4H3,(H,33,39)/t22-,25-/m1/s1. The highest BCUT2D eigenvalue weighted by Crippen LogP contribution is 2.36. The molecule has 0 bridgehead atoms. The number of likely N-dealkylation sites (tertiary alicyclic amines) is 1. The smallest absolute Gasteiger partial charge is 0.408 e. The van der Waals surface area contributed by atoms with E-state index in [2.05, 4.69) is 31.6 Å². The average Bonchev–Trinajstić information content (AvgIpc) is 3.57. The van der Waals surface area contributed by atoms with Crippen LogP contribution in [0.4, 0.5) is 4.79 Å². The molecule has 0 radical (unpaired) electrons. The van der Waals surface area contributed by atoms with Crippen LogP contribution in [-0.4, -0.2) is 71.9 Å². The van der Waals surface area contributed by atoms with Crippen LogP contribution < -0.4 is 5.32 Å². The molecule has 3 aromatic heterocycles. The molecule has 2 N–H and O–H groups in total. The van der Waals surface area contributed by atoms with Crippen LogP contribution in [0.3, 0.4) is 0 Å². The number of aliphatic hydroxyl groups is 1. The van der Waals surface area contributed by atoms with Gasteiger partial charge in [0.1, 0.15) is 11.2 Å². The van der Waals surface area contributed by atoms with E-state index in [1.165, 1.54) is 12.8 Å². The zero-order chi connectivity index (χ0) is 28.2. The molecule has 10 heteroatoms. The molecule has 1 saturated carbocycles. The molecule has 0 unspecified atom stereocenters. The first-order valence-electron chi connectivity index (χ1n) is 14.0. The van der Waals surface area contributed by atoms with Gasteiger partial charge < -0.3 is 29.2 Å². The maximum atomic E-state index is 13.5. The number of carbonyl (C=O) groups excluding carboxylic acids is 2. The van der Waals surface area contributed by atoms with Gasteiger partial charge in [0, 0.05) is 43.8 Å². The third-order valence-electron chi connectivity index (χ3n) is 7.72. The third-order valence-corrected chi connectivity index (χ3v) is 7.72. The second-order valence-electron chi connectivity index (χ2n) is 12.1. The molecule has 0 spiro atoms. The third kappa shape index (κ3) is 5.15. The molecule has 4 heterocycles. The lowest BCUT2D eigenvalue weighted by molar-refractivity contribution is 0.0210. The number of carbonyl (C=O) groups is 2. The summed E-state index contributed by atoms with van der Waals surface area (Å²) in [5.74, 6) is 1.34. The predicted molar refractivity (Wildman–Crippen MR) is 152 cm³/mol. The summed E-state index contributed by atoms with van der Waals surface area (Å²) in [7, 11) is 2.00. The highest BCUT2D eigenvalue weighted by molar-refractivity contribution is 5.98. The van der Waals surface area contributed by atoms with Gasteiger partial charge in [-0.05, 0) is 82.3 Å². The Balaban J connectivity index is 1.26. The monoisotopic (exact) mass is 544 g/mol. The number of hydrogen-bond acceptors (Lipinski definition) is 6. The van der Waals surface area contributed by atoms with Gasteiger partial charge in [-0.3, -0.25) is 4.79 Å². The minimum Gasteiger partial charge on any atom is -0.444 e. The Hall–Kier alpha value is -3.92. The minimum absolute atomic E-state index is 0.163. The van der Waals surface area contributed by atoms with Crippen LogP contribution in [0.5, 0.6) is 0 Å². The van der Waals surface area contributed by atoms with E-state index in [1.807, 2.05) is 37.5 Å². The van der Waals surface area contributed by atoms with Gasteiger partial charge in [0.2, 0.25) is 0 Å². The zero-order valence-electron chi connectivity index (χ0n) is 23.4. The second kappa shape index (κ2) is 9.92. The Kier molecular flexibility index (Phi) is 6.53. The lowest BCUT2D eigenvalue weighted by Crippen LogP contribution is -2.57. The highest BCUT2D eigenvalue weighted by atomic mass is 16.6. The molecule has 1 saturated heterocycles. The maximum absolute atomic E-state index is 13.5. The zero-order valence-corrected chi connectivity index (χ0v) is 23.4. The van der Waals surface area contributed by atoms with Crippen LogP contribution >= 0.6 is 0 Å². The summed E-state index contributed by atoms with van der Waals surface area (Å²) >= 11 is 0. The van der Waals surface area contributed by atoms with Crippen molar-refractivity contribution in [2.45, 2.75) is 64.3 Å². The topological polar surface area (TPSA) is 115 Å². The first kappa shape index (κ1) is 26.3. The predicted octanol–water partition coefficient (Wildman–Crippen LogP) is 4.10. The van der Waals surface area contributed by atoms with Gasteiger partial charge in [-0.15, -0.1) is 0 Å². The molecule has 6 rings (SSSR count). The van der Waals surface area contributed by atoms with Crippen LogP contribution in [0.2, 0.25) is 0 Å². The maximum Gasteiger partial charge on any atom is 0.408 e. The second-order valence-corrected chi connectivity index (χ2v) is 12.1. The van der Waals surface area contributed by atoms with E-state index in [-0.39, 0.29) is 12.5 Å². The number of amides is 2. The van der Waals surface area contributed by atoms with Crippen LogP contribution in [0.1, 0.15) is 50.4 Å². The van der Waals surface area contributed by atoms with Crippen molar-refractivity contribution >= 4 is 34.1 Å². The van der Waals surface area contributed by atoms with Gasteiger partial charge in [-0.25, -0.2) is 14.8 Å². The Morgan fingerprint density at radius 2 is 1.95 bits per heavy atom. The van der Waals surface area contributed by atoms with Gasteiger partial charge in [0.25, 0.3) is 5.91 Å². The molecule has 1 aliphatic carbocycles. The number of aryl methyl sites for hydroxylation is 1. The average molecular weight is 545 g/mol. The quantitative estimate of drug-likeness (QED) is 0.391. The number of imidazole rings is 1. The summed E-state index contributed by atoms with van der Waals surface area (Å²) < 4.78 is 9.68. The van der Waals surface area contributed by atoms with Crippen molar-refractivity contribution in [1.29, 1.82) is 0 Å². The summed E-state index contributed by atoms with van der Waals surface area (Å²) in [5, 5.41) is 14.3. The van der Waals surface area contributed by atoms with Gasteiger partial charge in [-0.2, -0.15) is 0 Å². The molecule has 210 valence electrons. The Morgan fingerprint density at radius 3 is 2.70 bits per heavy atom. The van der Waals surface area contributed by atoms with Gasteiger partial charge in [0.15, 0.2) is 5.82 Å². The molecule has 1 aromatic carbocycles. The summed E-state index contributed by atoms with van der Waals surface area (Å²) in [6.07, 6.45) is 3.30. The van der Waals surface area contributed by atoms with Crippen molar-refractivity contribution < 1.29 is 19.4 Å². The van der Waals surface area contributed by atoms with Crippen molar-refractivity contribution in [3.8, 4) is 11.5 Å². The van der Waals surface area contributed by atoms with Crippen molar-refractivity contribution in [3.63, 3.8) is 0 Å². The summed E-state index contributed by atoms with van der Waals surface area (Å²) in [6.45, 7) is 6.85. The van der Waals surface area contributed by atoms with Crippen LogP contribution in [-0.2, 0) is 18.3 Å². The van der Waals surface area contributed by atoms with Crippen molar-refractivity contribution in [2.75, 3.05) is 13.1 Å². The number of nitrogens with zero attached hydrogens (tertiary/aromatic N) is 5. The fourth-order valence-electron chi connectivity index (χ4n) is 5.49. The van der Waals surface area contributed by atoms with Crippen LogP contribution in [0.25, 0.3) is 33.6 Å². The highest BCUT2D eigenvalue weighted by Gasteiger charge is 2.33. The molecule has 2 aliphatic rings. The first-order chi connectivity index (χ1) is 19.1. The Labute approximate surface area is 232 Å². The minimum atomic E-state index is -0.755. The number of alkyl carbamates (subject to hydrolysis) is 1. The van der Waals surface area contributed by atoms with Gasteiger partial charge in [0.05, 0.1) is 28.9 Å². The van der Waals surface area contributed by atoms with Crippen LogP contribution in [0, 0.1) is 5.92 Å². The molecule has 2 fully saturated rings. The summed E-state index contributed by atoms with van der Waals surface area (Å²) in [4.78, 5) is 37.1. The first-order valence-corrected chi connectivity index (χ1v) is 14.0. The van der Waals surface area contributed by atoms with E-state index >= 15 is 0 Å². The SMILES string of the molecule is Cn1c(-c2cc3cccnc3n2CC2CC2)nc2cc(C(=O)N3CC[C@@H](O)[C@H](NC(=O)OC(C)(C)C)C3)ccc21.